The molecule has 0 fully saturated rings. The van der Waals surface area contributed by atoms with E-state index in [1.807, 2.05) is 6.92 Å². The molecular weight excluding hydrogens is 274 g/mol. The van der Waals surface area contributed by atoms with Crippen LogP contribution in [0.3, 0.4) is 0 Å². The Balaban J connectivity index is 2.29. The largest absolute Gasteiger partial charge is 0.354 e. The molecule has 0 aliphatic rings. The Bertz CT molecular complexity index is 592. The number of benzene rings is 1. The van der Waals surface area contributed by atoms with Crippen LogP contribution in [-0.4, -0.2) is 16.5 Å². The van der Waals surface area contributed by atoms with E-state index in [1.165, 1.54) is 12.3 Å². The van der Waals surface area contributed by atoms with Crippen molar-refractivity contribution < 1.29 is 8.78 Å². The summed E-state index contributed by atoms with van der Waals surface area (Å²) in [5, 5.41) is 5.85. The lowest BCUT2D eigenvalue weighted by Gasteiger charge is -2.10. The van der Waals surface area contributed by atoms with E-state index in [4.69, 9.17) is 11.6 Å². The topological polar surface area (TPSA) is 49.8 Å². The molecule has 100 valence electrons. The van der Waals surface area contributed by atoms with Crippen molar-refractivity contribution in [3.63, 3.8) is 0 Å². The first-order chi connectivity index (χ1) is 9.10. The molecule has 7 heteroatoms. The molecular formula is C12H11ClF2N4. The van der Waals surface area contributed by atoms with Crippen molar-refractivity contribution in [2.24, 2.45) is 0 Å². The summed E-state index contributed by atoms with van der Waals surface area (Å²) in [6.45, 7) is 2.54. The van der Waals surface area contributed by atoms with Gasteiger partial charge in [0.2, 0.25) is 5.95 Å². The first kappa shape index (κ1) is 13.5. The van der Waals surface area contributed by atoms with Crippen molar-refractivity contribution in [3.05, 3.63) is 41.1 Å². The van der Waals surface area contributed by atoms with Gasteiger partial charge in [-0.3, -0.25) is 0 Å². The summed E-state index contributed by atoms with van der Waals surface area (Å²) in [6.07, 6.45) is 1.40. The Labute approximate surface area is 113 Å². The van der Waals surface area contributed by atoms with Gasteiger partial charge < -0.3 is 10.6 Å². The number of anilines is 3. The normalized spacial score (nSPS) is 10.3. The molecule has 2 rings (SSSR count). The van der Waals surface area contributed by atoms with E-state index < -0.39 is 11.6 Å². The van der Waals surface area contributed by atoms with Crippen LogP contribution in [-0.2, 0) is 0 Å². The lowest BCUT2D eigenvalue weighted by molar-refractivity contribution is 0.586. The van der Waals surface area contributed by atoms with Crippen LogP contribution >= 0.6 is 11.6 Å². The minimum atomic E-state index is -0.723. The molecule has 19 heavy (non-hydrogen) atoms. The van der Waals surface area contributed by atoms with Gasteiger partial charge in [-0.15, -0.1) is 0 Å². The summed E-state index contributed by atoms with van der Waals surface area (Å²) in [5.41, 5.74) is 0.0875. The molecule has 0 radical (unpaired) electrons. The minimum Gasteiger partial charge on any atom is -0.354 e. The van der Waals surface area contributed by atoms with Gasteiger partial charge in [0, 0.05) is 12.6 Å². The van der Waals surface area contributed by atoms with Gasteiger partial charge in [-0.25, -0.2) is 13.8 Å². The highest BCUT2D eigenvalue weighted by Gasteiger charge is 2.09. The van der Waals surface area contributed by atoms with E-state index in [0.29, 0.717) is 12.5 Å². The minimum absolute atomic E-state index is 0.0875. The maximum Gasteiger partial charge on any atom is 0.224 e. The third-order valence-corrected chi connectivity index (χ3v) is 2.54. The monoisotopic (exact) mass is 284 g/mol. The first-order valence-corrected chi connectivity index (χ1v) is 5.96. The molecule has 1 aromatic heterocycles. The standard InChI is InChI=1S/C12H11ClF2N4/c1-2-16-12-17-6-8(13)11(19-12)18-10-4-3-7(14)5-9(10)15/h3-6H,2H2,1H3,(H2,16,17,18,19). The van der Waals surface area contributed by atoms with Crippen LogP contribution in [0.15, 0.2) is 24.4 Å². The molecule has 4 nitrogen and oxygen atoms in total. The third kappa shape index (κ3) is 3.29. The SMILES string of the molecule is CCNc1ncc(Cl)c(Nc2ccc(F)cc2F)n1. The van der Waals surface area contributed by atoms with Gasteiger partial charge in [-0.1, -0.05) is 11.6 Å². The average molecular weight is 285 g/mol. The van der Waals surface area contributed by atoms with Crippen molar-refractivity contribution in [2.75, 3.05) is 17.2 Å². The van der Waals surface area contributed by atoms with Crippen LogP contribution in [0.4, 0.5) is 26.2 Å². The van der Waals surface area contributed by atoms with Gasteiger partial charge in [-0.05, 0) is 19.1 Å². The molecule has 2 aromatic rings. The second-order valence-corrected chi connectivity index (χ2v) is 4.08. The summed E-state index contributed by atoms with van der Waals surface area (Å²) < 4.78 is 26.3. The van der Waals surface area contributed by atoms with Gasteiger partial charge in [0.05, 0.1) is 11.9 Å². The quantitative estimate of drug-likeness (QED) is 0.901. The first-order valence-electron chi connectivity index (χ1n) is 5.58. The average Bonchev–Trinajstić information content (AvgIpc) is 2.37. The fourth-order valence-corrected chi connectivity index (χ4v) is 1.55. The van der Waals surface area contributed by atoms with Gasteiger partial charge in [-0.2, -0.15) is 4.98 Å². The van der Waals surface area contributed by atoms with Crippen molar-refractivity contribution in [1.82, 2.24) is 9.97 Å². The maximum atomic E-state index is 13.5. The number of aromatic nitrogens is 2. The number of nitrogens with one attached hydrogen (secondary N) is 2. The predicted octanol–water partition coefficient (Wildman–Crippen LogP) is 3.58. The van der Waals surface area contributed by atoms with Crippen LogP contribution in [0.2, 0.25) is 5.02 Å². The maximum absolute atomic E-state index is 13.5. The molecule has 0 aliphatic carbocycles. The molecule has 1 aromatic carbocycles. The van der Waals surface area contributed by atoms with Crippen LogP contribution in [0.25, 0.3) is 0 Å². The van der Waals surface area contributed by atoms with E-state index in [1.54, 1.807) is 0 Å². The number of nitrogens with zero attached hydrogens (tertiary/aromatic N) is 2. The Morgan fingerprint density at radius 1 is 1.32 bits per heavy atom. The lowest BCUT2D eigenvalue weighted by Crippen LogP contribution is -2.05. The zero-order valence-corrected chi connectivity index (χ0v) is 10.8. The molecule has 0 saturated carbocycles. The van der Waals surface area contributed by atoms with E-state index in [9.17, 15) is 8.78 Å². The van der Waals surface area contributed by atoms with Gasteiger partial charge in [0.1, 0.15) is 16.7 Å². The summed E-state index contributed by atoms with van der Waals surface area (Å²) in [7, 11) is 0. The fraction of sp³-hybridized carbons (Fsp3) is 0.167. The van der Waals surface area contributed by atoms with Crippen LogP contribution in [0.5, 0.6) is 0 Å². The highest BCUT2D eigenvalue weighted by atomic mass is 35.5. The molecule has 1 heterocycles. The molecule has 0 aliphatic heterocycles. The van der Waals surface area contributed by atoms with Crippen molar-refractivity contribution in [1.29, 1.82) is 0 Å². The van der Waals surface area contributed by atoms with E-state index in [2.05, 4.69) is 20.6 Å². The zero-order valence-electron chi connectivity index (χ0n) is 10.0. The Hall–Kier alpha value is -1.95. The summed E-state index contributed by atoms with van der Waals surface area (Å²) >= 11 is 5.92. The van der Waals surface area contributed by atoms with Crippen LogP contribution in [0, 0.1) is 11.6 Å². The highest BCUT2D eigenvalue weighted by molar-refractivity contribution is 6.32. The second kappa shape index (κ2) is 5.79. The van der Waals surface area contributed by atoms with E-state index in [0.717, 1.165) is 12.1 Å². The smallest absolute Gasteiger partial charge is 0.224 e. The van der Waals surface area contributed by atoms with Gasteiger partial charge in [0.25, 0.3) is 0 Å². The van der Waals surface area contributed by atoms with Crippen molar-refractivity contribution in [3.8, 4) is 0 Å². The Morgan fingerprint density at radius 2 is 2.11 bits per heavy atom. The third-order valence-electron chi connectivity index (χ3n) is 2.26. The second-order valence-electron chi connectivity index (χ2n) is 3.67. The van der Waals surface area contributed by atoms with Crippen LogP contribution < -0.4 is 10.6 Å². The van der Waals surface area contributed by atoms with Gasteiger partial charge >= 0.3 is 0 Å². The number of hydrogen-bond acceptors (Lipinski definition) is 4. The summed E-state index contributed by atoms with van der Waals surface area (Å²) in [4.78, 5) is 8.05. The number of hydrogen-bond donors (Lipinski definition) is 2. The summed E-state index contributed by atoms with van der Waals surface area (Å²) in [5.74, 6) is -0.750. The number of rotatable bonds is 4. The van der Waals surface area contributed by atoms with E-state index >= 15 is 0 Å². The zero-order chi connectivity index (χ0) is 13.8. The molecule has 0 saturated heterocycles. The molecule has 0 bridgehead atoms. The number of halogens is 3. The lowest BCUT2D eigenvalue weighted by atomic mass is 10.3. The fourth-order valence-electron chi connectivity index (χ4n) is 1.42. The summed E-state index contributed by atoms with van der Waals surface area (Å²) in [6, 6.07) is 3.20. The predicted molar refractivity (Wildman–Crippen MR) is 70.8 cm³/mol. The Morgan fingerprint density at radius 3 is 2.79 bits per heavy atom. The Kier molecular flexibility index (Phi) is 4.11. The molecule has 0 amide bonds. The van der Waals surface area contributed by atoms with Crippen molar-refractivity contribution >= 4 is 29.1 Å². The van der Waals surface area contributed by atoms with Crippen molar-refractivity contribution in [2.45, 2.75) is 6.92 Å². The molecule has 2 N–H and O–H groups in total. The van der Waals surface area contributed by atoms with Crippen LogP contribution in [0.1, 0.15) is 6.92 Å². The van der Waals surface area contributed by atoms with E-state index in [-0.39, 0.29) is 16.5 Å². The van der Waals surface area contributed by atoms with Gasteiger partial charge in [0.15, 0.2) is 5.82 Å². The molecule has 0 atom stereocenters. The molecule has 0 spiro atoms. The highest BCUT2D eigenvalue weighted by Crippen LogP contribution is 2.25. The molecule has 0 unspecified atom stereocenters.